The lowest BCUT2D eigenvalue weighted by atomic mass is 9.86. The summed E-state index contributed by atoms with van der Waals surface area (Å²) >= 11 is 0. The highest BCUT2D eigenvalue weighted by atomic mass is 16.6. The van der Waals surface area contributed by atoms with Gasteiger partial charge in [0.05, 0.1) is 16.7 Å². The summed E-state index contributed by atoms with van der Waals surface area (Å²) < 4.78 is 5.35. The number of nitrogens with zero attached hydrogens (tertiary/aromatic N) is 2. The highest BCUT2D eigenvalue weighted by Crippen LogP contribution is 2.47. The maximum atomic E-state index is 12.5. The van der Waals surface area contributed by atoms with E-state index in [0.29, 0.717) is 11.3 Å². The number of nitro benzene ring substituents is 1. The fraction of sp³-hybridized carbons (Fsp3) is 0.276. The minimum atomic E-state index is -0.612. The molecule has 1 saturated carbocycles. The van der Waals surface area contributed by atoms with Gasteiger partial charge in [0.25, 0.3) is 5.69 Å². The summed E-state index contributed by atoms with van der Waals surface area (Å²) in [6, 6.07) is 19.2. The molecule has 0 radical (unpaired) electrons. The number of rotatable bonds is 7. The van der Waals surface area contributed by atoms with Crippen LogP contribution in [0, 0.1) is 23.0 Å². The number of nitrogens with one attached hydrogen (secondary N) is 1. The lowest BCUT2D eigenvalue weighted by molar-refractivity contribution is -0.385. The van der Waals surface area contributed by atoms with Gasteiger partial charge in [-0.1, -0.05) is 45.0 Å². The van der Waals surface area contributed by atoms with E-state index in [2.05, 4.69) is 55.6 Å². The first-order valence-electron chi connectivity index (χ1n) is 12.0. The van der Waals surface area contributed by atoms with Crippen LogP contribution < -0.4 is 10.2 Å². The quantitative estimate of drug-likeness (QED) is 0.148. The summed E-state index contributed by atoms with van der Waals surface area (Å²) in [6.45, 7) is 8.10. The predicted octanol–water partition coefficient (Wildman–Crippen LogP) is 5.67. The van der Waals surface area contributed by atoms with Gasteiger partial charge in [-0.05, 0) is 77.8 Å². The molecule has 1 amide bonds. The van der Waals surface area contributed by atoms with Crippen LogP contribution in [0.15, 0.2) is 71.8 Å². The maximum absolute atomic E-state index is 12.5. The van der Waals surface area contributed by atoms with E-state index in [9.17, 15) is 19.7 Å². The number of carbonyl (C=O) groups excluding carboxylic acids is 2. The smallest absolute Gasteiger partial charge is 0.343 e. The number of esters is 1. The van der Waals surface area contributed by atoms with E-state index in [1.54, 1.807) is 31.2 Å². The Morgan fingerprint density at radius 1 is 1.05 bits per heavy atom. The predicted molar refractivity (Wildman–Crippen MR) is 141 cm³/mol. The first-order valence-corrected chi connectivity index (χ1v) is 12.0. The minimum absolute atomic E-state index is 0.0563. The first-order chi connectivity index (χ1) is 17.5. The molecule has 37 heavy (non-hydrogen) atoms. The molecule has 2 unspecified atom stereocenters. The Balaban J connectivity index is 1.27. The lowest BCUT2D eigenvalue weighted by Crippen LogP contribution is -2.20. The zero-order valence-corrected chi connectivity index (χ0v) is 21.2. The van der Waals surface area contributed by atoms with Gasteiger partial charge in [0.1, 0.15) is 5.75 Å². The molecule has 8 nitrogen and oxygen atoms in total. The number of benzene rings is 3. The molecule has 1 N–H and O–H groups in total. The number of nitro groups is 1. The third-order valence-corrected chi connectivity index (χ3v) is 6.44. The van der Waals surface area contributed by atoms with Gasteiger partial charge in [0, 0.05) is 17.5 Å². The van der Waals surface area contributed by atoms with Crippen molar-refractivity contribution in [2.45, 2.75) is 45.4 Å². The van der Waals surface area contributed by atoms with Crippen molar-refractivity contribution in [2.75, 3.05) is 0 Å². The van der Waals surface area contributed by atoms with Crippen molar-refractivity contribution in [3.05, 3.63) is 105 Å². The van der Waals surface area contributed by atoms with Crippen LogP contribution in [0.25, 0.3) is 0 Å². The Morgan fingerprint density at radius 2 is 1.73 bits per heavy atom. The van der Waals surface area contributed by atoms with Gasteiger partial charge in [0.2, 0.25) is 5.91 Å². The third-order valence-electron chi connectivity index (χ3n) is 6.44. The SMILES string of the molecule is Cc1cc(C(=O)Oc2ccc(/C=N\NC(=O)C3CC3c3ccc(C(C)(C)C)cc3)cc2)ccc1[N+](=O)[O-]. The number of hydrogen-bond donors (Lipinski definition) is 1. The van der Waals surface area contributed by atoms with E-state index in [1.165, 1.54) is 35.5 Å². The molecule has 190 valence electrons. The Bertz CT molecular complexity index is 1360. The molecule has 0 saturated heterocycles. The van der Waals surface area contributed by atoms with Crippen molar-refractivity contribution in [1.82, 2.24) is 5.43 Å². The van der Waals surface area contributed by atoms with Crippen LogP contribution in [0.1, 0.15) is 65.7 Å². The number of hydrogen-bond acceptors (Lipinski definition) is 6. The standard InChI is InChI=1S/C29H29N3O5/c1-18-15-21(9-14-26(18)32(35)36)28(34)37-23-12-5-19(6-13-23)17-30-31-27(33)25-16-24(25)20-7-10-22(11-8-20)29(2,3)4/h5-15,17,24-25H,16H2,1-4H3,(H,31,33)/b30-17-. The topological polar surface area (TPSA) is 111 Å². The molecule has 1 aliphatic rings. The molecule has 8 heteroatoms. The van der Waals surface area contributed by atoms with E-state index < -0.39 is 10.9 Å². The van der Waals surface area contributed by atoms with Gasteiger partial charge in [0.15, 0.2) is 0 Å². The van der Waals surface area contributed by atoms with Crippen LogP contribution >= 0.6 is 0 Å². The molecule has 3 aromatic carbocycles. The summed E-state index contributed by atoms with van der Waals surface area (Å²) in [6.07, 6.45) is 2.34. The van der Waals surface area contributed by atoms with Gasteiger partial charge >= 0.3 is 5.97 Å². The highest BCUT2D eigenvalue weighted by molar-refractivity contribution is 5.92. The summed E-state index contributed by atoms with van der Waals surface area (Å²) in [5, 5.41) is 15.0. The number of carbonyl (C=O) groups is 2. The Kier molecular flexibility index (Phi) is 7.20. The van der Waals surface area contributed by atoms with E-state index in [1.807, 2.05) is 0 Å². The fourth-order valence-corrected chi connectivity index (χ4v) is 4.11. The van der Waals surface area contributed by atoms with Crippen molar-refractivity contribution >= 4 is 23.8 Å². The van der Waals surface area contributed by atoms with E-state index >= 15 is 0 Å². The highest BCUT2D eigenvalue weighted by Gasteiger charge is 2.44. The van der Waals surface area contributed by atoms with Crippen LogP contribution in [0.4, 0.5) is 5.69 Å². The summed E-state index contributed by atoms with van der Waals surface area (Å²) in [7, 11) is 0. The van der Waals surface area contributed by atoms with E-state index in [0.717, 1.165) is 12.0 Å². The zero-order valence-electron chi connectivity index (χ0n) is 21.2. The number of ether oxygens (including phenoxy) is 1. The number of aryl methyl sites for hydroxylation is 1. The molecule has 0 aromatic heterocycles. The lowest BCUT2D eigenvalue weighted by Gasteiger charge is -2.19. The summed E-state index contributed by atoms with van der Waals surface area (Å²) in [5.41, 5.74) is 6.41. The van der Waals surface area contributed by atoms with Gasteiger partial charge in [-0.15, -0.1) is 0 Å². The Hall–Kier alpha value is -4.33. The van der Waals surface area contributed by atoms with Gasteiger partial charge < -0.3 is 4.74 Å². The second kappa shape index (κ2) is 10.3. The van der Waals surface area contributed by atoms with Gasteiger partial charge in [-0.25, -0.2) is 10.2 Å². The molecule has 4 rings (SSSR count). The van der Waals surface area contributed by atoms with Crippen molar-refractivity contribution in [2.24, 2.45) is 11.0 Å². The van der Waals surface area contributed by atoms with Crippen LogP contribution in [0.3, 0.4) is 0 Å². The number of amides is 1. The van der Waals surface area contributed by atoms with Crippen molar-refractivity contribution in [3.8, 4) is 5.75 Å². The number of hydrazone groups is 1. The molecule has 0 bridgehead atoms. The molecule has 2 atom stereocenters. The largest absolute Gasteiger partial charge is 0.423 e. The fourth-order valence-electron chi connectivity index (χ4n) is 4.11. The van der Waals surface area contributed by atoms with Crippen molar-refractivity contribution in [1.29, 1.82) is 0 Å². The van der Waals surface area contributed by atoms with Crippen molar-refractivity contribution in [3.63, 3.8) is 0 Å². The average molecular weight is 500 g/mol. The molecule has 0 spiro atoms. The Morgan fingerprint density at radius 3 is 2.32 bits per heavy atom. The molecule has 1 aliphatic carbocycles. The van der Waals surface area contributed by atoms with Gasteiger partial charge in [-0.3, -0.25) is 14.9 Å². The normalized spacial score (nSPS) is 16.9. The average Bonchev–Trinajstić information content (AvgIpc) is 3.65. The van der Waals surface area contributed by atoms with Gasteiger partial charge in [-0.2, -0.15) is 5.10 Å². The molecular weight excluding hydrogens is 470 g/mol. The van der Waals surface area contributed by atoms with E-state index in [4.69, 9.17) is 4.74 Å². The molecular formula is C29H29N3O5. The summed E-state index contributed by atoms with van der Waals surface area (Å²) in [4.78, 5) is 35.3. The monoisotopic (exact) mass is 499 g/mol. The minimum Gasteiger partial charge on any atom is -0.423 e. The van der Waals surface area contributed by atoms with Crippen molar-refractivity contribution < 1.29 is 19.2 Å². The second-order valence-corrected chi connectivity index (χ2v) is 10.3. The van der Waals surface area contributed by atoms with Crippen LogP contribution in [-0.4, -0.2) is 23.0 Å². The van der Waals surface area contributed by atoms with E-state index in [-0.39, 0.29) is 34.4 Å². The van der Waals surface area contributed by atoms with Crippen LogP contribution in [0.5, 0.6) is 5.75 Å². The second-order valence-electron chi connectivity index (χ2n) is 10.3. The molecule has 0 aliphatic heterocycles. The first kappa shape index (κ1) is 25.8. The van der Waals surface area contributed by atoms with Crippen LogP contribution in [-0.2, 0) is 10.2 Å². The maximum Gasteiger partial charge on any atom is 0.343 e. The summed E-state index contributed by atoms with van der Waals surface area (Å²) in [5.74, 6) is -0.260. The molecule has 1 fully saturated rings. The zero-order chi connectivity index (χ0) is 26.7. The molecule has 0 heterocycles. The van der Waals surface area contributed by atoms with Crippen LogP contribution in [0.2, 0.25) is 0 Å². The molecule has 3 aromatic rings. The Labute approximate surface area is 215 Å². The third kappa shape index (κ3) is 6.27.